The second-order valence-corrected chi connectivity index (χ2v) is 2.75. The molecule has 0 aromatic heterocycles. The first-order valence-corrected chi connectivity index (χ1v) is 3.24. The van der Waals surface area contributed by atoms with Crippen LogP contribution in [0.25, 0.3) is 0 Å². The number of aliphatic carboxylic acids is 1. The molecule has 0 aromatic carbocycles. The summed E-state index contributed by atoms with van der Waals surface area (Å²) in [6.07, 6.45) is 0.539. The molecule has 3 nitrogen and oxygen atoms in total. The largest absolute Gasteiger partial charge is 0.480 e. The maximum atomic E-state index is 10.2. The van der Waals surface area contributed by atoms with Crippen molar-refractivity contribution in [3.63, 3.8) is 0 Å². The Bertz CT molecular complexity index is 128. The quantitative estimate of drug-likeness (QED) is 0.518. The number of hydrogen-bond acceptors (Lipinski definition) is 2. The first-order valence-electron chi connectivity index (χ1n) is 2.80. The van der Waals surface area contributed by atoms with Crippen LogP contribution < -0.4 is 5.32 Å². The van der Waals surface area contributed by atoms with E-state index >= 15 is 0 Å². The van der Waals surface area contributed by atoms with Gasteiger partial charge in [-0.2, -0.15) is 0 Å². The summed E-state index contributed by atoms with van der Waals surface area (Å²) in [4.78, 5) is 10.2. The topological polar surface area (TPSA) is 49.3 Å². The number of halogens is 1. The van der Waals surface area contributed by atoms with Crippen LogP contribution in [0.5, 0.6) is 0 Å². The average Bonchev–Trinajstić information content (AvgIpc) is 2.14. The number of rotatable bonds is 1. The van der Waals surface area contributed by atoms with Gasteiger partial charge in [-0.15, -0.1) is 11.6 Å². The fourth-order valence-electron chi connectivity index (χ4n) is 0.881. The zero-order valence-electron chi connectivity index (χ0n) is 4.80. The maximum Gasteiger partial charge on any atom is 0.320 e. The Balaban J connectivity index is 2.39. The zero-order valence-corrected chi connectivity index (χ0v) is 5.56. The van der Waals surface area contributed by atoms with Crippen LogP contribution in [-0.2, 0) is 4.79 Å². The fraction of sp³-hybridized carbons (Fsp3) is 0.800. The molecule has 1 heterocycles. The van der Waals surface area contributed by atoms with E-state index in [1.165, 1.54) is 0 Å². The first kappa shape index (κ1) is 6.83. The standard InChI is InChI=1S/C5H8ClNO2/c6-3-1-4(5(8)9)7-2-3/h3-4,7H,1-2H2,(H,8,9)/t3?,4-/m1/s1. The molecule has 0 aliphatic carbocycles. The molecular formula is C5H8ClNO2. The molecular weight excluding hydrogens is 142 g/mol. The number of carbonyl (C=O) groups is 1. The monoisotopic (exact) mass is 149 g/mol. The summed E-state index contributed by atoms with van der Waals surface area (Å²) < 4.78 is 0. The Hall–Kier alpha value is -0.280. The van der Waals surface area contributed by atoms with Crippen LogP contribution in [0, 0.1) is 0 Å². The number of nitrogens with one attached hydrogen (secondary N) is 1. The normalized spacial score (nSPS) is 34.8. The smallest absolute Gasteiger partial charge is 0.320 e. The van der Waals surface area contributed by atoms with Crippen molar-refractivity contribution < 1.29 is 9.90 Å². The summed E-state index contributed by atoms with van der Waals surface area (Å²) in [5.41, 5.74) is 0. The van der Waals surface area contributed by atoms with E-state index in [2.05, 4.69) is 5.32 Å². The van der Waals surface area contributed by atoms with Crippen molar-refractivity contribution in [1.82, 2.24) is 5.32 Å². The predicted molar refractivity (Wildman–Crippen MR) is 33.7 cm³/mol. The van der Waals surface area contributed by atoms with Gasteiger partial charge in [-0.25, -0.2) is 0 Å². The van der Waals surface area contributed by atoms with Gasteiger partial charge in [0.2, 0.25) is 0 Å². The van der Waals surface area contributed by atoms with Gasteiger partial charge in [0.1, 0.15) is 6.04 Å². The van der Waals surface area contributed by atoms with Gasteiger partial charge >= 0.3 is 5.97 Å². The van der Waals surface area contributed by atoms with E-state index in [1.807, 2.05) is 0 Å². The summed E-state index contributed by atoms with van der Waals surface area (Å²) in [6.45, 7) is 0.610. The molecule has 0 saturated carbocycles. The number of carboxylic acid groups (broad SMARTS) is 1. The Morgan fingerprint density at radius 1 is 1.78 bits per heavy atom. The van der Waals surface area contributed by atoms with Gasteiger partial charge in [-0.3, -0.25) is 4.79 Å². The van der Waals surface area contributed by atoms with Gasteiger partial charge in [-0.1, -0.05) is 0 Å². The molecule has 1 aliphatic heterocycles. The summed E-state index contributed by atoms with van der Waals surface area (Å²) in [5.74, 6) is -0.807. The van der Waals surface area contributed by atoms with Crippen LogP contribution >= 0.6 is 11.6 Å². The Kier molecular flexibility index (Phi) is 1.93. The maximum absolute atomic E-state index is 10.2. The van der Waals surface area contributed by atoms with Gasteiger partial charge in [-0.05, 0) is 6.42 Å². The van der Waals surface area contributed by atoms with Crippen LogP contribution in [-0.4, -0.2) is 29.0 Å². The number of carboxylic acids is 1. The molecule has 1 saturated heterocycles. The summed E-state index contributed by atoms with van der Waals surface area (Å²) in [7, 11) is 0. The van der Waals surface area contributed by atoms with Crippen LogP contribution in [0.15, 0.2) is 0 Å². The van der Waals surface area contributed by atoms with Gasteiger partial charge in [0, 0.05) is 11.9 Å². The predicted octanol–water partition coefficient (Wildman–Crippen LogP) is 0.0403. The Morgan fingerprint density at radius 2 is 2.44 bits per heavy atom. The first-order chi connectivity index (χ1) is 4.20. The van der Waals surface area contributed by atoms with Crippen LogP contribution in [0.3, 0.4) is 0 Å². The van der Waals surface area contributed by atoms with E-state index in [0.29, 0.717) is 13.0 Å². The molecule has 2 atom stereocenters. The SMILES string of the molecule is O=C(O)[C@H]1CC(Cl)CN1. The summed E-state index contributed by atoms with van der Waals surface area (Å²) in [5, 5.41) is 11.2. The van der Waals surface area contributed by atoms with E-state index in [1.54, 1.807) is 0 Å². The number of hydrogen-bond donors (Lipinski definition) is 2. The lowest BCUT2D eigenvalue weighted by molar-refractivity contribution is -0.139. The molecule has 0 radical (unpaired) electrons. The minimum atomic E-state index is -0.807. The molecule has 1 fully saturated rings. The molecule has 1 aliphatic rings. The number of alkyl halides is 1. The van der Waals surface area contributed by atoms with Crippen molar-refractivity contribution >= 4 is 17.6 Å². The van der Waals surface area contributed by atoms with Crippen LogP contribution in [0.4, 0.5) is 0 Å². The lowest BCUT2D eigenvalue weighted by Gasteiger charge is -1.99. The molecule has 0 spiro atoms. The summed E-state index contributed by atoms with van der Waals surface area (Å²) >= 11 is 5.63. The highest BCUT2D eigenvalue weighted by Gasteiger charge is 2.27. The summed E-state index contributed by atoms with van der Waals surface area (Å²) in [6, 6.07) is -0.424. The highest BCUT2D eigenvalue weighted by molar-refractivity contribution is 6.21. The third kappa shape index (κ3) is 1.56. The van der Waals surface area contributed by atoms with Crippen molar-refractivity contribution in [2.45, 2.75) is 17.8 Å². The Morgan fingerprint density at radius 3 is 2.67 bits per heavy atom. The van der Waals surface area contributed by atoms with Gasteiger partial charge < -0.3 is 10.4 Å². The molecule has 0 aromatic rings. The van der Waals surface area contributed by atoms with Crippen molar-refractivity contribution in [2.75, 3.05) is 6.54 Å². The van der Waals surface area contributed by atoms with Crippen molar-refractivity contribution in [2.24, 2.45) is 0 Å². The van der Waals surface area contributed by atoms with Crippen molar-refractivity contribution in [3.05, 3.63) is 0 Å². The highest BCUT2D eigenvalue weighted by Crippen LogP contribution is 2.11. The van der Waals surface area contributed by atoms with Gasteiger partial charge in [0.25, 0.3) is 0 Å². The van der Waals surface area contributed by atoms with E-state index in [4.69, 9.17) is 16.7 Å². The van der Waals surface area contributed by atoms with Gasteiger partial charge in [0.05, 0.1) is 0 Å². The third-order valence-corrected chi connectivity index (χ3v) is 1.71. The second kappa shape index (κ2) is 2.54. The molecule has 4 heteroatoms. The minimum absolute atomic E-state index is 0.00824. The Labute approximate surface area is 58.0 Å². The lowest BCUT2D eigenvalue weighted by Crippen LogP contribution is -2.29. The molecule has 52 valence electrons. The third-order valence-electron chi connectivity index (χ3n) is 1.38. The minimum Gasteiger partial charge on any atom is -0.480 e. The van der Waals surface area contributed by atoms with Crippen molar-refractivity contribution in [1.29, 1.82) is 0 Å². The second-order valence-electron chi connectivity index (χ2n) is 2.13. The van der Waals surface area contributed by atoms with Crippen LogP contribution in [0.2, 0.25) is 0 Å². The van der Waals surface area contributed by atoms with E-state index in [0.717, 1.165) is 0 Å². The molecule has 1 rings (SSSR count). The molecule has 9 heavy (non-hydrogen) atoms. The highest BCUT2D eigenvalue weighted by atomic mass is 35.5. The van der Waals surface area contributed by atoms with Crippen molar-refractivity contribution in [3.8, 4) is 0 Å². The van der Waals surface area contributed by atoms with E-state index < -0.39 is 12.0 Å². The molecule has 0 amide bonds. The lowest BCUT2D eigenvalue weighted by atomic mass is 10.2. The molecule has 0 bridgehead atoms. The van der Waals surface area contributed by atoms with Gasteiger partial charge in [0.15, 0.2) is 0 Å². The molecule has 2 N–H and O–H groups in total. The fourth-order valence-corrected chi connectivity index (χ4v) is 1.15. The van der Waals surface area contributed by atoms with E-state index in [-0.39, 0.29) is 5.38 Å². The van der Waals surface area contributed by atoms with E-state index in [9.17, 15) is 4.79 Å². The van der Waals surface area contributed by atoms with Crippen LogP contribution in [0.1, 0.15) is 6.42 Å². The zero-order chi connectivity index (χ0) is 6.85. The average molecular weight is 150 g/mol. The molecule has 1 unspecified atom stereocenters.